The van der Waals surface area contributed by atoms with Crippen molar-refractivity contribution in [2.24, 2.45) is 0 Å². The van der Waals surface area contributed by atoms with Gasteiger partial charge in [-0.05, 0) is 57.5 Å². The van der Waals surface area contributed by atoms with Crippen LogP contribution >= 0.6 is 11.3 Å². The van der Waals surface area contributed by atoms with Crippen molar-refractivity contribution in [2.45, 2.75) is 45.7 Å². The summed E-state index contributed by atoms with van der Waals surface area (Å²) in [5, 5.41) is 7.34. The number of fused-ring (bicyclic) bond motifs is 1. The average molecular weight is 368 g/mol. The van der Waals surface area contributed by atoms with Gasteiger partial charge in [0.2, 0.25) is 5.91 Å². The number of aromatic nitrogens is 1. The minimum absolute atomic E-state index is 0.0288. The van der Waals surface area contributed by atoms with Crippen LogP contribution in [-0.2, 0) is 11.2 Å². The summed E-state index contributed by atoms with van der Waals surface area (Å²) in [7, 11) is 0. The van der Waals surface area contributed by atoms with E-state index in [0.29, 0.717) is 0 Å². The number of nitrogens with one attached hydrogen (secondary N) is 2. The topological polar surface area (TPSA) is 54.0 Å². The normalized spacial score (nSPS) is 12.9. The Kier molecular flexibility index (Phi) is 5.39. The smallest absolute Gasteiger partial charge is 0.241 e. The maximum atomic E-state index is 12.3. The van der Waals surface area contributed by atoms with E-state index in [-0.39, 0.29) is 17.5 Å². The first-order valence-corrected chi connectivity index (χ1v) is 9.64. The van der Waals surface area contributed by atoms with Crippen molar-refractivity contribution in [3.05, 3.63) is 59.1 Å². The maximum Gasteiger partial charge on any atom is 0.241 e. The predicted octanol–water partition coefficient (Wildman–Crippen LogP) is 4.60. The van der Waals surface area contributed by atoms with Gasteiger partial charge >= 0.3 is 0 Å². The number of thiazole rings is 1. The number of para-hydroxylation sites is 1. The van der Waals surface area contributed by atoms with Crippen molar-refractivity contribution in [3.63, 3.8) is 0 Å². The van der Waals surface area contributed by atoms with E-state index in [2.05, 4.69) is 21.7 Å². The highest BCUT2D eigenvalue weighted by Crippen LogP contribution is 2.24. The fourth-order valence-electron chi connectivity index (χ4n) is 2.84. The van der Waals surface area contributed by atoms with E-state index in [1.54, 1.807) is 11.3 Å². The van der Waals surface area contributed by atoms with Crippen LogP contribution in [0.5, 0.6) is 0 Å². The lowest BCUT2D eigenvalue weighted by Gasteiger charge is -2.25. The SMILES string of the molecule is C[C@H](NC(C)(C)C)C(=O)Nc1ccc(Cc2nc3ccccc3s2)cc1. The summed E-state index contributed by atoms with van der Waals surface area (Å²) < 4.78 is 1.21. The fourth-order valence-corrected chi connectivity index (χ4v) is 3.84. The Hall–Kier alpha value is -2.24. The van der Waals surface area contributed by atoms with Crippen LogP contribution in [0.1, 0.15) is 38.3 Å². The van der Waals surface area contributed by atoms with Crippen LogP contribution in [0.2, 0.25) is 0 Å². The van der Waals surface area contributed by atoms with E-state index in [1.807, 2.05) is 70.2 Å². The van der Waals surface area contributed by atoms with Crippen molar-refractivity contribution in [2.75, 3.05) is 5.32 Å². The summed E-state index contributed by atoms with van der Waals surface area (Å²) in [6.45, 7) is 8.02. The van der Waals surface area contributed by atoms with Crippen molar-refractivity contribution < 1.29 is 4.79 Å². The highest BCUT2D eigenvalue weighted by atomic mass is 32.1. The Balaban J connectivity index is 1.62. The Labute approximate surface area is 158 Å². The molecule has 1 heterocycles. The first kappa shape index (κ1) is 18.5. The zero-order valence-corrected chi connectivity index (χ0v) is 16.5. The van der Waals surface area contributed by atoms with Gasteiger partial charge < -0.3 is 10.6 Å². The monoisotopic (exact) mass is 367 g/mol. The summed E-state index contributed by atoms with van der Waals surface area (Å²) in [6, 6.07) is 15.9. The van der Waals surface area contributed by atoms with Gasteiger partial charge in [-0.25, -0.2) is 4.98 Å². The molecule has 1 amide bonds. The molecule has 5 heteroatoms. The van der Waals surface area contributed by atoms with Crippen LogP contribution < -0.4 is 10.6 Å². The number of hydrogen-bond acceptors (Lipinski definition) is 4. The van der Waals surface area contributed by atoms with Gasteiger partial charge in [-0.2, -0.15) is 0 Å². The molecule has 0 aliphatic carbocycles. The van der Waals surface area contributed by atoms with Crippen LogP contribution in [0.4, 0.5) is 5.69 Å². The second-order valence-electron chi connectivity index (χ2n) is 7.55. The molecular weight excluding hydrogens is 342 g/mol. The molecule has 2 aromatic carbocycles. The number of amides is 1. The van der Waals surface area contributed by atoms with E-state index >= 15 is 0 Å². The minimum atomic E-state index is -0.252. The van der Waals surface area contributed by atoms with Crippen molar-refractivity contribution >= 4 is 33.1 Å². The fraction of sp³-hybridized carbons (Fsp3) is 0.333. The average Bonchev–Trinajstić information content (AvgIpc) is 2.97. The molecule has 1 atom stereocenters. The van der Waals surface area contributed by atoms with Crippen molar-refractivity contribution in [1.29, 1.82) is 0 Å². The molecule has 0 unspecified atom stereocenters. The summed E-state index contributed by atoms with van der Waals surface area (Å²) in [5.74, 6) is -0.0288. The third kappa shape index (κ3) is 4.90. The third-order valence-corrected chi connectivity index (χ3v) is 4.99. The maximum absolute atomic E-state index is 12.3. The summed E-state index contributed by atoms with van der Waals surface area (Å²) in [5.41, 5.74) is 2.95. The van der Waals surface area contributed by atoms with Crippen molar-refractivity contribution in [1.82, 2.24) is 10.3 Å². The highest BCUT2D eigenvalue weighted by Gasteiger charge is 2.19. The Morgan fingerprint density at radius 2 is 1.81 bits per heavy atom. The van der Waals surface area contributed by atoms with Gasteiger partial charge in [0, 0.05) is 17.6 Å². The van der Waals surface area contributed by atoms with Crippen molar-refractivity contribution in [3.8, 4) is 0 Å². The highest BCUT2D eigenvalue weighted by molar-refractivity contribution is 7.18. The van der Waals surface area contributed by atoms with Gasteiger partial charge in [-0.1, -0.05) is 24.3 Å². The summed E-state index contributed by atoms with van der Waals surface area (Å²) in [4.78, 5) is 17.0. The van der Waals surface area contributed by atoms with Gasteiger partial charge in [-0.3, -0.25) is 4.79 Å². The van der Waals surface area contributed by atoms with Gasteiger partial charge in [0.25, 0.3) is 0 Å². The molecule has 0 spiro atoms. The molecule has 1 aromatic heterocycles. The predicted molar refractivity (Wildman–Crippen MR) is 110 cm³/mol. The van der Waals surface area contributed by atoms with Crippen LogP contribution in [-0.4, -0.2) is 22.5 Å². The molecule has 0 aliphatic rings. The number of hydrogen-bond donors (Lipinski definition) is 2. The molecule has 0 radical (unpaired) electrons. The van der Waals surface area contributed by atoms with Gasteiger partial charge in [0.05, 0.1) is 21.3 Å². The Morgan fingerprint density at radius 3 is 2.46 bits per heavy atom. The van der Waals surface area contributed by atoms with Crippen LogP contribution in [0.25, 0.3) is 10.2 Å². The van der Waals surface area contributed by atoms with Crippen LogP contribution in [0.3, 0.4) is 0 Å². The number of nitrogens with zero attached hydrogens (tertiary/aromatic N) is 1. The van der Waals surface area contributed by atoms with E-state index in [1.165, 1.54) is 10.3 Å². The molecule has 0 saturated heterocycles. The standard InChI is InChI=1S/C21H25N3OS/c1-14(24-21(2,3)4)20(25)22-16-11-9-15(10-12-16)13-19-23-17-7-5-6-8-18(17)26-19/h5-12,14,24H,13H2,1-4H3,(H,22,25)/t14-/m0/s1. The van der Waals surface area contributed by atoms with E-state index in [0.717, 1.165) is 22.6 Å². The number of carbonyl (C=O) groups is 1. The molecule has 0 bridgehead atoms. The molecule has 4 nitrogen and oxygen atoms in total. The minimum Gasteiger partial charge on any atom is -0.325 e. The number of anilines is 1. The van der Waals surface area contributed by atoms with Crippen LogP contribution in [0, 0.1) is 0 Å². The quantitative estimate of drug-likeness (QED) is 0.693. The van der Waals surface area contributed by atoms with Gasteiger partial charge in [0.1, 0.15) is 0 Å². The number of benzene rings is 2. The molecule has 2 N–H and O–H groups in total. The Bertz CT molecular complexity index is 861. The lowest BCUT2D eigenvalue weighted by atomic mass is 10.1. The second kappa shape index (κ2) is 7.56. The van der Waals surface area contributed by atoms with E-state index < -0.39 is 0 Å². The molecule has 3 aromatic rings. The van der Waals surface area contributed by atoms with E-state index in [9.17, 15) is 4.79 Å². The molecule has 3 rings (SSSR count). The number of rotatable bonds is 5. The largest absolute Gasteiger partial charge is 0.325 e. The molecule has 0 aliphatic heterocycles. The molecule has 26 heavy (non-hydrogen) atoms. The first-order chi connectivity index (χ1) is 12.3. The van der Waals surface area contributed by atoms with Crippen LogP contribution in [0.15, 0.2) is 48.5 Å². The lowest BCUT2D eigenvalue weighted by Crippen LogP contribution is -2.47. The first-order valence-electron chi connectivity index (χ1n) is 8.82. The zero-order valence-electron chi connectivity index (χ0n) is 15.7. The van der Waals surface area contributed by atoms with Gasteiger partial charge in [0.15, 0.2) is 0 Å². The molecular formula is C21H25N3OS. The molecule has 0 saturated carbocycles. The Morgan fingerprint density at radius 1 is 1.12 bits per heavy atom. The summed E-state index contributed by atoms with van der Waals surface area (Å²) in [6.07, 6.45) is 0.801. The second-order valence-corrected chi connectivity index (χ2v) is 8.67. The summed E-state index contributed by atoms with van der Waals surface area (Å²) >= 11 is 1.73. The van der Waals surface area contributed by atoms with Gasteiger partial charge in [-0.15, -0.1) is 11.3 Å². The number of carbonyl (C=O) groups excluding carboxylic acids is 1. The molecule has 136 valence electrons. The lowest BCUT2D eigenvalue weighted by molar-refractivity contribution is -0.118. The zero-order chi connectivity index (χ0) is 18.7. The molecule has 0 fully saturated rings. The third-order valence-electron chi connectivity index (χ3n) is 3.96. The van der Waals surface area contributed by atoms with E-state index in [4.69, 9.17) is 0 Å².